The number of rotatable bonds is 3. The van der Waals surface area contributed by atoms with E-state index in [1.807, 2.05) is 12.1 Å². The third-order valence-electron chi connectivity index (χ3n) is 3.32. The largest absolute Gasteiger partial charge is 0.390 e. The van der Waals surface area contributed by atoms with Crippen molar-refractivity contribution in [2.75, 3.05) is 32.1 Å². The normalized spacial score (nSPS) is 20.9. The summed E-state index contributed by atoms with van der Waals surface area (Å²) in [6.45, 7) is 1.99. The Bertz CT molecular complexity index is 352. The molecule has 0 aromatic carbocycles. The fourth-order valence-electron chi connectivity index (χ4n) is 2.19. The van der Waals surface area contributed by atoms with Crippen LogP contribution in [0.25, 0.3) is 0 Å². The van der Waals surface area contributed by atoms with E-state index in [2.05, 4.69) is 34.1 Å². The molecule has 0 amide bonds. The summed E-state index contributed by atoms with van der Waals surface area (Å²) in [5.74, 6) is 0.911. The van der Waals surface area contributed by atoms with Crippen LogP contribution in [0.1, 0.15) is 18.5 Å². The Balaban J connectivity index is 2.05. The summed E-state index contributed by atoms with van der Waals surface area (Å²) in [5.41, 5.74) is 0.620. The summed E-state index contributed by atoms with van der Waals surface area (Å²) >= 11 is 0. The smallest absolute Gasteiger partial charge is 0.151 e. The molecule has 5 nitrogen and oxygen atoms in total. The first-order chi connectivity index (χ1) is 8.20. The van der Waals surface area contributed by atoms with Gasteiger partial charge < -0.3 is 14.9 Å². The quantitative estimate of drug-likeness (QED) is 0.828. The van der Waals surface area contributed by atoms with Crippen LogP contribution in [0, 0.1) is 0 Å². The van der Waals surface area contributed by atoms with Gasteiger partial charge in [-0.3, -0.25) is 0 Å². The van der Waals surface area contributed by atoms with E-state index in [1.54, 1.807) is 0 Å². The van der Waals surface area contributed by atoms with E-state index in [1.165, 1.54) is 12.8 Å². The summed E-state index contributed by atoms with van der Waals surface area (Å²) in [5, 5.41) is 17.1. The number of anilines is 1. The molecule has 1 aliphatic rings. The minimum absolute atomic E-state index is 0.0480. The van der Waals surface area contributed by atoms with Crippen molar-refractivity contribution >= 4 is 5.82 Å². The maximum Gasteiger partial charge on any atom is 0.151 e. The molecule has 0 aliphatic carbocycles. The Morgan fingerprint density at radius 2 is 2.24 bits per heavy atom. The second-order valence-corrected chi connectivity index (χ2v) is 4.75. The molecule has 17 heavy (non-hydrogen) atoms. The number of hydrogen-bond donors (Lipinski definition) is 1. The molecule has 94 valence electrons. The first-order valence-corrected chi connectivity index (χ1v) is 6.05. The zero-order valence-electron chi connectivity index (χ0n) is 10.5. The van der Waals surface area contributed by atoms with Crippen molar-refractivity contribution in [3.05, 3.63) is 17.8 Å². The van der Waals surface area contributed by atoms with Crippen LogP contribution in [0.5, 0.6) is 0 Å². The highest BCUT2D eigenvalue weighted by atomic mass is 16.3. The van der Waals surface area contributed by atoms with Gasteiger partial charge in [0.2, 0.25) is 0 Å². The van der Waals surface area contributed by atoms with E-state index >= 15 is 0 Å². The van der Waals surface area contributed by atoms with Gasteiger partial charge in [-0.2, -0.15) is 5.10 Å². The van der Waals surface area contributed by atoms with Crippen molar-refractivity contribution in [2.24, 2.45) is 0 Å². The topological polar surface area (TPSA) is 52.5 Å². The third kappa shape index (κ3) is 2.92. The van der Waals surface area contributed by atoms with Crippen LogP contribution in [0.15, 0.2) is 12.1 Å². The molecule has 1 saturated heterocycles. The lowest BCUT2D eigenvalue weighted by molar-refractivity contribution is 0.257. The zero-order valence-corrected chi connectivity index (χ0v) is 10.5. The molecule has 0 radical (unpaired) electrons. The maximum atomic E-state index is 8.93. The molecule has 1 fully saturated rings. The van der Waals surface area contributed by atoms with Crippen LogP contribution in [0.2, 0.25) is 0 Å². The molecule has 1 unspecified atom stereocenters. The summed E-state index contributed by atoms with van der Waals surface area (Å²) in [6.07, 6.45) is 2.43. The van der Waals surface area contributed by atoms with Gasteiger partial charge in [0.1, 0.15) is 0 Å². The van der Waals surface area contributed by atoms with Gasteiger partial charge >= 0.3 is 0 Å². The Morgan fingerprint density at radius 1 is 1.41 bits per heavy atom. The van der Waals surface area contributed by atoms with E-state index in [0.717, 1.165) is 18.9 Å². The number of aliphatic hydroxyl groups is 1. The number of aliphatic hydroxyl groups excluding tert-OH is 1. The predicted octanol–water partition coefficient (Wildman–Crippen LogP) is 0.499. The lowest BCUT2D eigenvalue weighted by Crippen LogP contribution is -2.45. The van der Waals surface area contributed by atoms with Crippen LogP contribution < -0.4 is 4.90 Å². The first-order valence-electron chi connectivity index (χ1n) is 6.05. The number of aromatic nitrogens is 2. The standard InChI is InChI=1S/C12H20N4O/c1-15(2)11-4-3-7-16(8-11)12-6-5-10(9-17)13-14-12/h5-6,11,17H,3-4,7-9H2,1-2H3. The van der Waals surface area contributed by atoms with Crippen molar-refractivity contribution in [1.82, 2.24) is 15.1 Å². The predicted molar refractivity (Wildman–Crippen MR) is 66.9 cm³/mol. The van der Waals surface area contributed by atoms with Crippen molar-refractivity contribution < 1.29 is 5.11 Å². The van der Waals surface area contributed by atoms with E-state index in [0.29, 0.717) is 11.7 Å². The lowest BCUT2D eigenvalue weighted by atomic mass is 10.1. The Labute approximate surface area is 102 Å². The minimum atomic E-state index is -0.0480. The first kappa shape index (κ1) is 12.3. The van der Waals surface area contributed by atoms with Gasteiger partial charge in [0.25, 0.3) is 0 Å². The SMILES string of the molecule is CN(C)C1CCCN(c2ccc(CO)nn2)C1. The van der Waals surface area contributed by atoms with E-state index < -0.39 is 0 Å². The summed E-state index contributed by atoms with van der Waals surface area (Å²) in [4.78, 5) is 4.53. The molecule has 1 aromatic rings. The monoisotopic (exact) mass is 236 g/mol. The Morgan fingerprint density at radius 3 is 2.82 bits per heavy atom. The van der Waals surface area contributed by atoms with E-state index in [-0.39, 0.29) is 6.61 Å². The summed E-state index contributed by atoms with van der Waals surface area (Å²) in [7, 11) is 4.24. The molecule has 0 bridgehead atoms. The highest BCUT2D eigenvalue weighted by molar-refractivity contribution is 5.38. The average molecular weight is 236 g/mol. The number of nitrogens with zero attached hydrogens (tertiary/aromatic N) is 4. The second kappa shape index (κ2) is 5.42. The average Bonchev–Trinajstić information content (AvgIpc) is 2.39. The van der Waals surface area contributed by atoms with Gasteiger partial charge in [-0.15, -0.1) is 5.10 Å². The van der Waals surface area contributed by atoms with Crippen LogP contribution in [0.3, 0.4) is 0 Å². The van der Waals surface area contributed by atoms with Gasteiger partial charge in [-0.1, -0.05) is 0 Å². The van der Waals surface area contributed by atoms with Gasteiger partial charge in [0, 0.05) is 19.1 Å². The van der Waals surface area contributed by atoms with Crippen LogP contribution >= 0.6 is 0 Å². The summed E-state index contributed by atoms with van der Waals surface area (Å²) in [6, 6.07) is 4.36. The molecule has 5 heteroatoms. The van der Waals surface area contributed by atoms with Crippen molar-refractivity contribution in [2.45, 2.75) is 25.5 Å². The van der Waals surface area contributed by atoms with Gasteiger partial charge in [0.15, 0.2) is 5.82 Å². The molecular formula is C12H20N4O. The molecule has 1 atom stereocenters. The lowest BCUT2D eigenvalue weighted by Gasteiger charge is -2.36. The number of hydrogen-bond acceptors (Lipinski definition) is 5. The molecule has 1 aliphatic heterocycles. The van der Waals surface area contributed by atoms with Gasteiger partial charge in [0.05, 0.1) is 12.3 Å². The van der Waals surface area contributed by atoms with Crippen molar-refractivity contribution in [3.63, 3.8) is 0 Å². The molecule has 2 rings (SSSR count). The second-order valence-electron chi connectivity index (χ2n) is 4.75. The highest BCUT2D eigenvalue weighted by Crippen LogP contribution is 2.19. The minimum Gasteiger partial charge on any atom is -0.390 e. The fourth-order valence-corrected chi connectivity index (χ4v) is 2.19. The molecular weight excluding hydrogens is 216 g/mol. The highest BCUT2D eigenvalue weighted by Gasteiger charge is 2.22. The molecule has 0 saturated carbocycles. The van der Waals surface area contributed by atoms with Gasteiger partial charge in [-0.25, -0.2) is 0 Å². The maximum absolute atomic E-state index is 8.93. The van der Waals surface area contributed by atoms with Crippen molar-refractivity contribution in [1.29, 1.82) is 0 Å². The summed E-state index contributed by atoms with van der Waals surface area (Å²) < 4.78 is 0. The zero-order chi connectivity index (χ0) is 12.3. The number of piperidine rings is 1. The van der Waals surface area contributed by atoms with Gasteiger partial charge in [-0.05, 0) is 39.1 Å². The molecule has 1 aromatic heterocycles. The van der Waals surface area contributed by atoms with Crippen LogP contribution in [-0.4, -0.2) is 53.4 Å². The fraction of sp³-hybridized carbons (Fsp3) is 0.667. The number of likely N-dealkylation sites (N-methyl/N-ethyl adjacent to an activating group) is 1. The van der Waals surface area contributed by atoms with E-state index in [9.17, 15) is 0 Å². The van der Waals surface area contributed by atoms with Crippen molar-refractivity contribution in [3.8, 4) is 0 Å². The van der Waals surface area contributed by atoms with Crippen LogP contribution in [-0.2, 0) is 6.61 Å². The Kier molecular flexibility index (Phi) is 3.91. The van der Waals surface area contributed by atoms with Crippen LogP contribution in [0.4, 0.5) is 5.82 Å². The third-order valence-corrected chi connectivity index (χ3v) is 3.32. The molecule has 2 heterocycles. The van der Waals surface area contributed by atoms with E-state index in [4.69, 9.17) is 5.11 Å². The molecule has 1 N–H and O–H groups in total. The molecule has 0 spiro atoms. The Hall–Kier alpha value is -1.20.